The van der Waals surface area contributed by atoms with E-state index in [-0.39, 0.29) is 11.9 Å². The van der Waals surface area contributed by atoms with Gasteiger partial charge in [0.25, 0.3) is 0 Å². The third-order valence-corrected chi connectivity index (χ3v) is 2.11. The number of phenolic OH excluding ortho intramolecular Hbond substituents is 1. The van der Waals surface area contributed by atoms with Crippen molar-refractivity contribution in [1.29, 1.82) is 0 Å². The third kappa shape index (κ3) is 3.87. The summed E-state index contributed by atoms with van der Waals surface area (Å²) in [6, 6.07) is 6.62. The lowest BCUT2D eigenvalue weighted by Crippen LogP contribution is -2.07. The second kappa shape index (κ2) is 5.70. The maximum absolute atomic E-state index is 9.13. The lowest BCUT2D eigenvalue weighted by atomic mass is 10.00. The molecule has 0 heterocycles. The van der Waals surface area contributed by atoms with Crippen LogP contribution in [-0.2, 0) is 9.93 Å². The molecule has 1 aromatic carbocycles. The number of aromatic hydroxyl groups is 1. The zero-order valence-electron chi connectivity index (χ0n) is 8.88. The number of phenols is 1. The van der Waals surface area contributed by atoms with Crippen molar-refractivity contribution in [3.8, 4) is 5.75 Å². The summed E-state index contributed by atoms with van der Waals surface area (Å²) in [5.41, 5.74) is 0.857. The average molecular weight is 212 g/mol. The van der Waals surface area contributed by atoms with Crippen LogP contribution in [0, 0.1) is 5.92 Å². The van der Waals surface area contributed by atoms with Crippen LogP contribution in [0.3, 0.4) is 0 Å². The number of hydrogen-bond donors (Lipinski definition) is 2. The molecule has 1 rings (SSSR count). The van der Waals surface area contributed by atoms with Crippen LogP contribution in [0.15, 0.2) is 24.3 Å². The van der Waals surface area contributed by atoms with Crippen molar-refractivity contribution in [2.75, 3.05) is 0 Å². The second-order valence-corrected chi connectivity index (χ2v) is 3.88. The fraction of sp³-hybridized carbons (Fsp3) is 0.455. The van der Waals surface area contributed by atoms with Crippen LogP contribution in [0.25, 0.3) is 0 Å². The van der Waals surface area contributed by atoms with Crippen molar-refractivity contribution in [3.63, 3.8) is 0 Å². The third-order valence-electron chi connectivity index (χ3n) is 2.11. The molecule has 0 spiro atoms. The quantitative estimate of drug-likeness (QED) is 0.582. The molecule has 0 saturated carbocycles. The van der Waals surface area contributed by atoms with Gasteiger partial charge in [-0.1, -0.05) is 31.0 Å². The summed E-state index contributed by atoms with van der Waals surface area (Å²) in [6.07, 6.45) is 0.404. The highest BCUT2D eigenvalue weighted by molar-refractivity contribution is 5.27. The minimum absolute atomic E-state index is 0.201. The Kier molecular flexibility index (Phi) is 4.55. The van der Waals surface area contributed by atoms with Gasteiger partial charge in [0.05, 0.1) is 0 Å². The normalized spacial score (nSPS) is 13.1. The summed E-state index contributed by atoms with van der Waals surface area (Å²) in [6.45, 7) is 4.10. The molecule has 2 N–H and O–H groups in total. The highest BCUT2D eigenvalue weighted by Crippen LogP contribution is 2.26. The second-order valence-electron chi connectivity index (χ2n) is 3.88. The summed E-state index contributed by atoms with van der Waals surface area (Å²) in [5, 5.41) is 21.1. The van der Waals surface area contributed by atoms with Crippen molar-refractivity contribution < 1.29 is 20.3 Å². The van der Waals surface area contributed by atoms with Crippen LogP contribution in [-0.4, -0.2) is 10.4 Å². The van der Waals surface area contributed by atoms with E-state index < -0.39 is 0 Å². The van der Waals surface area contributed by atoms with Crippen LogP contribution in [0.1, 0.15) is 31.9 Å². The van der Waals surface area contributed by atoms with Crippen molar-refractivity contribution in [2.45, 2.75) is 26.4 Å². The van der Waals surface area contributed by atoms with E-state index in [0.717, 1.165) is 12.0 Å². The summed E-state index contributed by atoms with van der Waals surface area (Å²) >= 11 is 0. The van der Waals surface area contributed by atoms with Gasteiger partial charge >= 0.3 is 0 Å². The molecule has 1 unspecified atom stereocenters. The van der Waals surface area contributed by atoms with Crippen LogP contribution < -0.4 is 0 Å². The first-order chi connectivity index (χ1) is 7.13. The summed E-state index contributed by atoms with van der Waals surface area (Å²) < 4.78 is 0. The number of benzene rings is 1. The van der Waals surface area contributed by atoms with E-state index in [1.54, 1.807) is 24.3 Å². The predicted octanol–water partition coefficient (Wildman–Crippen LogP) is 2.90. The number of rotatable bonds is 5. The lowest BCUT2D eigenvalue weighted by molar-refractivity contribution is -0.509. The monoisotopic (exact) mass is 212 g/mol. The molecule has 4 nitrogen and oxygen atoms in total. The first-order valence-corrected chi connectivity index (χ1v) is 4.89. The predicted molar refractivity (Wildman–Crippen MR) is 55.1 cm³/mol. The van der Waals surface area contributed by atoms with Crippen molar-refractivity contribution in [1.82, 2.24) is 0 Å². The van der Waals surface area contributed by atoms with Crippen LogP contribution in [0.5, 0.6) is 5.75 Å². The maximum atomic E-state index is 9.13. The van der Waals surface area contributed by atoms with Gasteiger partial charge in [-0.25, -0.2) is 5.26 Å². The Bertz CT molecular complexity index is 281. The molecule has 0 aliphatic rings. The molecule has 15 heavy (non-hydrogen) atoms. The van der Waals surface area contributed by atoms with Gasteiger partial charge in [-0.3, -0.25) is 0 Å². The molecule has 0 saturated heterocycles. The van der Waals surface area contributed by atoms with Crippen LogP contribution >= 0.6 is 0 Å². The molecule has 1 aromatic rings. The molecule has 0 radical (unpaired) electrons. The van der Waals surface area contributed by atoms with Gasteiger partial charge in [0.1, 0.15) is 11.9 Å². The molecule has 0 bridgehead atoms. The van der Waals surface area contributed by atoms with E-state index in [4.69, 9.17) is 15.3 Å². The molecule has 0 aliphatic carbocycles. The van der Waals surface area contributed by atoms with E-state index >= 15 is 0 Å². The topological polar surface area (TPSA) is 58.9 Å². The van der Waals surface area contributed by atoms with Gasteiger partial charge in [-0.05, 0) is 30.0 Å². The van der Waals surface area contributed by atoms with Crippen molar-refractivity contribution in [3.05, 3.63) is 29.8 Å². The highest BCUT2D eigenvalue weighted by atomic mass is 17.5. The average Bonchev–Trinajstić information content (AvgIpc) is 2.17. The fourth-order valence-corrected chi connectivity index (χ4v) is 1.40. The van der Waals surface area contributed by atoms with Gasteiger partial charge in [-0.15, -0.1) is 0 Å². The first-order valence-electron chi connectivity index (χ1n) is 4.89. The fourth-order valence-electron chi connectivity index (χ4n) is 1.40. The molecule has 0 fully saturated rings. The molecular weight excluding hydrogens is 196 g/mol. The molecule has 0 aliphatic heterocycles. The summed E-state index contributed by atoms with van der Waals surface area (Å²) in [7, 11) is 0. The smallest absolute Gasteiger partial charge is 0.121 e. The van der Waals surface area contributed by atoms with E-state index in [9.17, 15) is 0 Å². The molecular formula is C11H16O4. The van der Waals surface area contributed by atoms with E-state index in [1.807, 2.05) is 13.8 Å². The zero-order chi connectivity index (χ0) is 11.3. The Morgan fingerprint density at radius 2 is 1.80 bits per heavy atom. The molecule has 4 heteroatoms. The van der Waals surface area contributed by atoms with E-state index in [0.29, 0.717) is 5.92 Å². The maximum Gasteiger partial charge on any atom is 0.121 e. The van der Waals surface area contributed by atoms with Gasteiger partial charge < -0.3 is 5.11 Å². The lowest BCUT2D eigenvalue weighted by Gasteiger charge is -2.16. The summed E-state index contributed by atoms with van der Waals surface area (Å²) in [4.78, 5) is 4.75. The Morgan fingerprint density at radius 3 is 2.27 bits per heavy atom. The van der Waals surface area contributed by atoms with Crippen molar-refractivity contribution in [2.24, 2.45) is 5.92 Å². The van der Waals surface area contributed by atoms with Gasteiger partial charge in [0.2, 0.25) is 0 Å². The largest absolute Gasteiger partial charge is 0.508 e. The standard InChI is InChI=1S/C11H16O4/c1-8(2)7-11(14-15-13)9-3-5-10(12)6-4-9/h3-6,8,11-13H,7H2,1-2H3. The molecule has 0 amide bonds. The SMILES string of the molecule is CC(C)CC(OOO)c1ccc(O)cc1. The zero-order valence-corrected chi connectivity index (χ0v) is 8.88. The molecule has 1 atom stereocenters. The van der Waals surface area contributed by atoms with Crippen LogP contribution in [0.4, 0.5) is 0 Å². The molecule has 84 valence electrons. The van der Waals surface area contributed by atoms with E-state index in [2.05, 4.69) is 5.04 Å². The van der Waals surface area contributed by atoms with Crippen LogP contribution in [0.2, 0.25) is 0 Å². The minimum atomic E-state index is -0.324. The van der Waals surface area contributed by atoms with Gasteiger partial charge in [-0.2, -0.15) is 4.89 Å². The van der Waals surface area contributed by atoms with Crippen molar-refractivity contribution >= 4 is 0 Å². The molecule has 0 aromatic heterocycles. The van der Waals surface area contributed by atoms with E-state index in [1.165, 1.54) is 0 Å². The first kappa shape index (κ1) is 12.0. The Labute approximate surface area is 88.9 Å². The summed E-state index contributed by atoms with van der Waals surface area (Å²) in [5.74, 6) is 0.617. The highest BCUT2D eigenvalue weighted by Gasteiger charge is 2.15. The Hall–Kier alpha value is -1.10. The van der Waals surface area contributed by atoms with Gasteiger partial charge in [0.15, 0.2) is 0 Å². The van der Waals surface area contributed by atoms with Gasteiger partial charge in [0, 0.05) is 0 Å². The minimum Gasteiger partial charge on any atom is -0.508 e. The Morgan fingerprint density at radius 1 is 1.20 bits per heavy atom. The Balaban J connectivity index is 2.74. The number of hydrogen-bond acceptors (Lipinski definition) is 4.